The fourth-order valence-corrected chi connectivity index (χ4v) is 3.47. The van der Waals surface area contributed by atoms with Crippen molar-refractivity contribution in [3.8, 4) is 0 Å². The summed E-state index contributed by atoms with van der Waals surface area (Å²) < 4.78 is 11.0. The van der Waals surface area contributed by atoms with Crippen molar-refractivity contribution in [3.05, 3.63) is 83.7 Å². The molecule has 0 spiro atoms. The summed E-state index contributed by atoms with van der Waals surface area (Å²) >= 11 is 0. The van der Waals surface area contributed by atoms with Crippen LogP contribution in [-0.4, -0.2) is 10.9 Å². The number of hydrogen-bond donors (Lipinski definition) is 1. The second-order valence-electron chi connectivity index (χ2n) is 6.61. The van der Waals surface area contributed by atoms with E-state index in [1.807, 2.05) is 48.5 Å². The van der Waals surface area contributed by atoms with Crippen molar-refractivity contribution in [1.29, 1.82) is 0 Å². The molecule has 26 heavy (non-hydrogen) atoms. The lowest BCUT2D eigenvalue weighted by Gasteiger charge is -2.28. The fraction of sp³-hybridized carbons (Fsp3) is 0.286. The van der Waals surface area contributed by atoms with E-state index in [4.69, 9.17) is 8.83 Å². The highest BCUT2D eigenvalue weighted by Gasteiger charge is 2.26. The number of carbonyl (C=O) groups excluding carboxylic acids is 1. The molecule has 2 aromatic heterocycles. The van der Waals surface area contributed by atoms with Gasteiger partial charge < -0.3 is 19.1 Å². The van der Waals surface area contributed by atoms with E-state index in [1.165, 1.54) is 0 Å². The summed E-state index contributed by atoms with van der Waals surface area (Å²) in [5.74, 6) is 1.76. The summed E-state index contributed by atoms with van der Waals surface area (Å²) in [5.41, 5.74) is 2.18. The molecule has 0 saturated carbocycles. The number of rotatable bonds is 5. The summed E-state index contributed by atoms with van der Waals surface area (Å²) in [5, 5.41) is 3.18. The second-order valence-corrected chi connectivity index (χ2v) is 6.61. The lowest BCUT2D eigenvalue weighted by atomic mass is 9.93. The minimum atomic E-state index is -0.0932. The minimum Gasteiger partial charge on any atom is -0.469 e. The molecular weight excluding hydrogens is 328 g/mol. The zero-order valence-corrected chi connectivity index (χ0v) is 14.6. The van der Waals surface area contributed by atoms with Gasteiger partial charge in [0.1, 0.15) is 11.5 Å². The summed E-state index contributed by atoms with van der Waals surface area (Å²) in [6.45, 7) is 0.955. The molecule has 4 rings (SSSR count). The molecule has 1 unspecified atom stereocenters. The highest BCUT2D eigenvalue weighted by atomic mass is 16.3. The Bertz CT molecular complexity index is 839. The molecule has 5 nitrogen and oxygen atoms in total. The third-order valence-corrected chi connectivity index (χ3v) is 4.78. The van der Waals surface area contributed by atoms with Gasteiger partial charge in [-0.15, -0.1) is 0 Å². The molecule has 1 N–H and O–H groups in total. The molecule has 1 aromatic carbocycles. The average molecular weight is 350 g/mol. The van der Waals surface area contributed by atoms with Crippen LogP contribution in [0.4, 0.5) is 4.79 Å². The third kappa shape index (κ3) is 3.67. The van der Waals surface area contributed by atoms with Crippen LogP contribution < -0.4 is 5.32 Å². The van der Waals surface area contributed by atoms with Crippen LogP contribution in [-0.2, 0) is 19.5 Å². The molecule has 1 aliphatic carbocycles. The van der Waals surface area contributed by atoms with E-state index >= 15 is 0 Å². The third-order valence-electron chi connectivity index (χ3n) is 4.78. The van der Waals surface area contributed by atoms with Gasteiger partial charge >= 0.3 is 6.03 Å². The van der Waals surface area contributed by atoms with E-state index in [2.05, 4.69) is 5.32 Å². The summed E-state index contributed by atoms with van der Waals surface area (Å²) in [4.78, 5) is 14.8. The SMILES string of the molecule is O=C(NC1CCCc2occc21)N(Cc1ccccc1)Cc1ccco1. The number of nitrogens with one attached hydrogen (secondary N) is 1. The molecule has 0 bridgehead atoms. The summed E-state index contributed by atoms with van der Waals surface area (Å²) in [6.07, 6.45) is 6.22. The summed E-state index contributed by atoms with van der Waals surface area (Å²) in [6, 6.07) is 15.6. The van der Waals surface area contributed by atoms with E-state index in [-0.39, 0.29) is 12.1 Å². The van der Waals surface area contributed by atoms with Gasteiger partial charge in [-0.3, -0.25) is 0 Å². The molecule has 5 heteroatoms. The number of furan rings is 2. The minimum absolute atomic E-state index is 0.000116. The molecule has 0 aliphatic heterocycles. The van der Waals surface area contributed by atoms with Crippen LogP contribution in [0.3, 0.4) is 0 Å². The van der Waals surface area contributed by atoms with E-state index in [0.717, 1.165) is 41.9 Å². The number of nitrogens with zero attached hydrogens (tertiary/aromatic N) is 1. The Morgan fingerprint density at radius 1 is 1.04 bits per heavy atom. The first-order valence-electron chi connectivity index (χ1n) is 8.97. The van der Waals surface area contributed by atoms with Crippen LogP contribution in [0.2, 0.25) is 0 Å². The number of aryl methyl sites for hydroxylation is 1. The van der Waals surface area contributed by atoms with Crippen molar-refractivity contribution in [1.82, 2.24) is 10.2 Å². The molecule has 1 aliphatic rings. The first kappa shape index (κ1) is 16.5. The van der Waals surface area contributed by atoms with Gasteiger partial charge in [0.15, 0.2) is 0 Å². The maximum atomic E-state index is 13.0. The predicted octanol–water partition coefficient (Wildman–Crippen LogP) is 4.66. The second kappa shape index (κ2) is 7.52. The Kier molecular flexibility index (Phi) is 4.78. The first-order valence-corrected chi connectivity index (χ1v) is 8.97. The van der Waals surface area contributed by atoms with E-state index in [0.29, 0.717) is 13.1 Å². The van der Waals surface area contributed by atoms with Crippen LogP contribution in [0.5, 0.6) is 0 Å². The van der Waals surface area contributed by atoms with Crippen molar-refractivity contribution in [2.75, 3.05) is 0 Å². The van der Waals surface area contributed by atoms with Crippen molar-refractivity contribution in [2.45, 2.75) is 38.4 Å². The van der Waals surface area contributed by atoms with Crippen LogP contribution in [0.1, 0.15) is 41.5 Å². The Morgan fingerprint density at radius 2 is 1.92 bits per heavy atom. The zero-order valence-electron chi connectivity index (χ0n) is 14.6. The van der Waals surface area contributed by atoms with Gasteiger partial charge in [-0.05, 0) is 36.6 Å². The molecule has 134 valence electrons. The van der Waals surface area contributed by atoms with E-state index in [1.54, 1.807) is 17.4 Å². The van der Waals surface area contributed by atoms with E-state index < -0.39 is 0 Å². The molecule has 0 saturated heterocycles. The topological polar surface area (TPSA) is 58.6 Å². The number of amides is 2. The van der Waals surface area contributed by atoms with Crippen molar-refractivity contribution in [3.63, 3.8) is 0 Å². The van der Waals surface area contributed by atoms with Crippen molar-refractivity contribution in [2.24, 2.45) is 0 Å². The Hall–Kier alpha value is -2.95. The first-order chi connectivity index (χ1) is 12.8. The normalized spacial score (nSPS) is 16.1. The number of carbonyl (C=O) groups is 1. The largest absolute Gasteiger partial charge is 0.469 e. The Labute approximate surface area is 152 Å². The van der Waals surface area contributed by atoms with Gasteiger partial charge in [-0.25, -0.2) is 4.79 Å². The molecule has 3 aromatic rings. The molecule has 1 atom stereocenters. The van der Waals surface area contributed by atoms with Crippen LogP contribution in [0, 0.1) is 0 Å². The van der Waals surface area contributed by atoms with Crippen molar-refractivity contribution >= 4 is 6.03 Å². The Morgan fingerprint density at radius 3 is 2.73 bits per heavy atom. The van der Waals surface area contributed by atoms with Gasteiger partial charge in [0.25, 0.3) is 0 Å². The van der Waals surface area contributed by atoms with Gasteiger partial charge in [0.05, 0.1) is 25.1 Å². The van der Waals surface area contributed by atoms with Gasteiger partial charge in [0, 0.05) is 18.5 Å². The van der Waals surface area contributed by atoms with Crippen molar-refractivity contribution < 1.29 is 13.6 Å². The Balaban J connectivity index is 1.50. The smallest absolute Gasteiger partial charge is 0.318 e. The van der Waals surface area contributed by atoms with Gasteiger partial charge in [-0.1, -0.05) is 30.3 Å². The standard InChI is InChI=1S/C21H22N2O3/c24-21(22-19-9-4-10-20-18(19)11-13-26-20)23(15-17-8-5-12-25-17)14-16-6-2-1-3-7-16/h1-3,5-8,11-13,19H,4,9-10,14-15H2,(H,22,24). The zero-order chi connectivity index (χ0) is 17.8. The molecule has 0 radical (unpaired) electrons. The quantitative estimate of drug-likeness (QED) is 0.728. The molecular formula is C21H22N2O3. The van der Waals surface area contributed by atoms with Gasteiger partial charge in [-0.2, -0.15) is 0 Å². The summed E-state index contributed by atoms with van der Waals surface area (Å²) in [7, 11) is 0. The molecule has 2 amide bonds. The highest BCUT2D eigenvalue weighted by Crippen LogP contribution is 2.30. The number of fused-ring (bicyclic) bond motifs is 1. The number of hydrogen-bond acceptors (Lipinski definition) is 3. The average Bonchev–Trinajstić information content (AvgIpc) is 3.34. The fourth-order valence-electron chi connectivity index (χ4n) is 3.47. The lowest BCUT2D eigenvalue weighted by molar-refractivity contribution is 0.181. The number of benzene rings is 1. The predicted molar refractivity (Wildman–Crippen MR) is 97.3 cm³/mol. The molecule has 2 heterocycles. The highest BCUT2D eigenvalue weighted by molar-refractivity contribution is 5.74. The van der Waals surface area contributed by atoms with Crippen LogP contribution >= 0.6 is 0 Å². The number of urea groups is 1. The maximum absolute atomic E-state index is 13.0. The van der Waals surface area contributed by atoms with Crippen LogP contribution in [0.25, 0.3) is 0 Å². The molecule has 0 fully saturated rings. The monoisotopic (exact) mass is 350 g/mol. The van der Waals surface area contributed by atoms with E-state index in [9.17, 15) is 4.79 Å². The van der Waals surface area contributed by atoms with Gasteiger partial charge in [0.2, 0.25) is 0 Å². The van der Waals surface area contributed by atoms with Crippen LogP contribution in [0.15, 0.2) is 69.9 Å². The maximum Gasteiger partial charge on any atom is 0.318 e. The lowest BCUT2D eigenvalue weighted by Crippen LogP contribution is -2.41.